The number of hydrogen-bond donors (Lipinski definition) is 1. The molecule has 3 rings (SSSR count). The van der Waals surface area contributed by atoms with Gasteiger partial charge in [-0.2, -0.15) is 0 Å². The molecule has 0 spiro atoms. The zero-order valence-corrected chi connectivity index (χ0v) is 13.7. The monoisotopic (exact) mass is 329 g/mol. The van der Waals surface area contributed by atoms with Crippen LogP contribution in [0.2, 0.25) is 0 Å². The summed E-state index contributed by atoms with van der Waals surface area (Å²) in [6, 6.07) is 9.43. The van der Waals surface area contributed by atoms with E-state index in [9.17, 15) is 14.4 Å². The summed E-state index contributed by atoms with van der Waals surface area (Å²) in [7, 11) is 0. The first-order valence-corrected chi connectivity index (χ1v) is 8.59. The first-order chi connectivity index (χ1) is 11.7. The van der Waals surface area contributed by atoms with Crippen LogP contribution in [-0.4, -0.2) is 48.8 Å². The zero-order chi connectivity index (χ0) is 16.9. The molecule has 2 fully saturated rings. The third-order valence-electron chi connectivity index (χ3n) is 4.67. The summed E-state index contributed by atoms with van der Waals surface area (Å²) in [5, 5.41) is 2.84. The number of likely N-dealkylation sites (tertiary alicyclic amines) is 1. The molecule has 24 heavy (non-hydrogen) atoms. The molecule has 0 aromatic heterocycles. The highest BCUT2D eigenvalue weighted by Gasteiger charge is 2.37. The van der Waals surface area contributed by atoms with E-state index in [4.69, 9.17) is 0 Å². The highest BCUT2D eigenvalue weighted by Crippen LogP contribution is 2.25. The van der Waals surface area contributed by atoms with Crippen molar-refractivity contribution in [3.8, 4) is 0 Å². The highest BCUT2D eigenvalue weighted by atomic mass is 16.2. The van der Waals surface area contributed by atoms with Gasteiger partial charge in [0.1, 0.15) is 5.92 Å². The Balaban J connectivity index is 1.44. The molecule has 0 unspecified atom stereocenters. The number of nitrogens with zero attached hydrogens (tertiary/aromatic N) is 2. The summed E-state index contributed by atoms with van der Waals surface area (Å²) < 4.78 is 0. The molecule has 128 valence electrons. The van der Waals surface area contributed by atoms with Crippen molar-refractivity contribution in [2.45, 2.75) is 25.7 Å². The van der Waals surface area contributed by atoms with Crippen molar-refractivity contribution in [1.29, 1.82) is 0 Å². The molecule has 0 aliphatic carbocycles. The predicted octanol–water partition coefficient (Wildman–Crippen LogP) is 1.17. The molecule has 0 saturated carbocycles. The van der Waals surface area contributed by atoms with Crippen molar-refractivity contribution in [1.82, 2.24) is 10.2 Å². The average Bonchev–Trinajstić information content (AvgIpc) is 3.18. The van der Waals surface area contributed by atoms with E-state index >= 15 is 0 Å². The lowest BCUT2D eigenvalue weighted by Gasteiger charge is -2.17. The van der Waals surface area contributed by atoms with Crippen LogP contribution < -0.4 is 10.2 Å². The van der Waals surface area contributed by atoms with E-state index in [0.29, 0.717) is 32.5 Å². The Kier molecular flexibility index (Phi) is 5.13. The zero-order valence-electron chi connectivity index (χ0n) is 13.7. The van der Waals surface area contributed by atoms with Gasteiger partial charge < -0.3 is 15.1 Å². The summed E-state index contributed by atoms with van der Waals surface area (Å²) in [5.41, 5.74) is 0.838. The second-order valence-electron chi connectivity index (χ2n) is 6.30. The Labute approximate surface area is 141 Å². The Hall–Kier alpha value is -2.37. The van der Waals surface area contributed by atoms with E-state index < -0.39 is 5.92 Å². The van der Waals surface area contributed by atoms with Crippen LogP contribution in [0.25, 0.3) is 0 Å². The van der Waals surface area contributed by atoms with Gasteiger partial charge in [-0.1, -0.05) is 18.2 Å². The minimum Gasteiger partial charge on any atom is -0.355 e. The van der Waals surface area contributed by atoms with E-state index in [1.165, 1.54) is 0 Å². The molecule has 1 aromatic rings. The summed E-state index contributed by atoms with van der Waals surface area (Å²) in [5.74, 6) is -0.732. The number of anilines is 1. The molecule has 2 aliphatic heterocycles. The number of rotatable bonds is 6. The van der Waals surface area contributed by atoms with Crippen LogP contribution in [0.3, 0.4) is 0 Å². The minimum atomic E-state index is -0.598. The molecule has 0 bridgehead atoms. The standard InChI is InChI=1S/C18H23N3O3/c22-16-8-4-11-20(16)12-5-10-19-17(23)15-9-13-21(18(15)24)14-6-2-1-3-7-14/h1-3,6-7,15H,4-5,8-13H2,(H,19,23)/t15-/m0/s1. The number of nitrogens with one attached hydrogen (secondary N) is 1. The molecule has 0 radical (unpaired) electrons. The largest absolute Gasteiger partial charge is 0.355 e. The maximum atomic E-state index is 12.4. The van der Waals surface area contributed by atoms with Crippen molar-refractivity contribution < 1.29 is 14.4 Å². The van der Waals surface area contributed by atoms with Crippen LogP contribution in [0, 0.1) is 5.92 Å². The Morgan fingerprint density at radius 1 is 1.17 bits per heavy atom. The lowest BCUT2D eigenvalue weighted by Crippen LogP contribution is -2.38. The van der Waals surface area contributed by atoms with Crippen molar-refractivity contribution in [2.24, 2.45) is 5.92 Å². The molecule has 1 aromatic carbocycles. The fraction of sp³-hybridized carbons (Fsp3) is 0.500. The van der Waals surface area contributed by atoms with Crippen molar-refractivity contribution in [2.75, 3.05) is 31.1 Å². The van der Waals surface area contributed by atoms with Gasteiger partial charge in [-0.25, -0.2) is 0 Å². The predicted molar refractivity (Wildman–Crippen MR) is 90.3 cm³/mol. The van der Waals surface area contributed by atoms with Crippen LogP contribution in [0.4, 0.5) is 5.69 Å². The lowest BCUT2D eigenvalue weighted by atomic mass is 10.1. The van der Waals surface area contributed by atoms with Gasteiger partial charge in [0, 0.05) is 38.3 Å². The molecule has 1 N–H and O–H groups in total. The van der Waals surface area contributed by atoms with E-state index in [-0.39, 0.29) is 17.7 Å². The van der Waals surface area contributed by atoms with Gasteiger partial charge in [0.25, 0.3) is 0 Å². The van der Waals surface area contributed by atoms with Crippen LogP contribution in [0.1, 0.15) is 25.7 Å². The Bertz CT molecular complexity index is 617. The van der Waals surface area contributed by atoms with Crippen LogP contribution in [-0.2, 0) is 14.4 Å². The molecule has 6 nitrogen and oxygen atoms in total. The second kappa shape index (κ2) is 7.47. The van der Waals surface area contributed by atoms with Gasteiger partial charge in [-0.15, -0.1) is 0 Å². The Morgan fingerprint density at radius 2 is 1.96 bits per heavy atom. The third kappa shape index (κ3) is 3.58. The van der Waals surface area contributed by atoms with Crippen molar-refractivity contribution in [3.63, 3.8) is 0 Å². The van der Waals surface area contributed by atoms with Crippen molar-refractivity contribution >= 4 is 23.4 Å². The number of amides is 3. The van der Waals surface area contributed by atoms with Crippen LogP contribution >= 0.6 is 0 Å². The number of benzene rings is 1. The number of carbonyl (C=O) groups excluding carboxylic acids is 3. The summed E-state index contributed by atoms with van der Waals surface area (Å²) in [6.07, 6.45) is 2.83. The fourth-order valence-electron chi connectivity index (χ4n) is 3.33. The normalized spacial score (nSPS) is 20.8. The van der Waals surface area contributed by atoms with Crippen LogP contribution in [0.15, 0.2) is 30.3 Å². The van der Waals surface area contributed by atoms with Crippen molar-refractivity contribution in [3.05, 3.63) is 30.3 Å². The number of carbonyl (C=O) groups is 3. The molecule has 6 heteroatoms. The smallest absolute Gasteiger partial charge is 0.239 e. The molecule has 1 atom stereocenters. The summed E-state index contributed by atoms with van der Waals surface area (Å²) in [4.78, 5) is 39.7. The summed E-state index contributed by atoms with van der Waals surface area (Å²) >= 11 is 0. The first-order valence-electron chi connectivity index (χ1n) is 8.59. The number of hydrogen-bond acceptors (Lipinski definition) is 3. The molecule has 3 amide bonds. The van der Waals surface area contributed by atoms with E-state index in [0.717, 1.165) is 25.1 Å². The van der Waals surface area contributed by atoms with Gasteiger partial charge in [0.05, 0.1) is 0 Å². The molecule has 2 aliphatic rings. The third-order valence-corrected chi connectivity index (χ3v) is 4.67. The van der Waals surface area contributed by atoms with E-state index in [1.54, 1.807) is 4.90 Å². The van der Waals surface area contributed by atoms with Gasteiger partial charge in [-0.3, -0.25) is 14.4 Å². The molecular formula is C18H23N3O3. The van der Waals surface area contributed by atoms with Gasteiger partial charge in [0.2, 0.25) is 17.7 Å². The van der Waals surface area contributed by atoms with Gasteiger partial charge in [-0.05, 0) is 31.4 Å². The highest BCUT2D eigenvalue weighted by molar-refractivity contribution is 6.09. The quantitative estimate of drug-likeness (QED) is 0.629. The van der Waals surface area contributed by atoms with Crippen LogP contribution in [0.5, 0.6) is 0 Å². The second-order valence-corrected chi connectivity index (χ2v) is 6.30. The average molecular weight is 329 g/mol. The lowest BCUT2D eigenvalue weighted by molar-refractivity contribution is -0.132. The van der Waals surface area contributed by atoms with Gasteiger partial charge >= 0.3 is 0 Å². The first kappa shape index (κ1) is 16.5. The molecular weight excluding hydrogens is 306 g/mol. The summed E-state index contributed by atoms with van der Waals surface area (Å²) in [6.45, 7) is 2.56. The fourth-order valence-corrected chi connectivity index (χ4v) is 3.33. The van der Waals surface area contributed by atoms with E-state index in [1.807, 2.05) is 35.2 Å². The maximum Gasteiger partial charge on any atom is 0.239 e. The number of para-hydroxylation sites is 1. The maximum absolute atomic E-state index is 12.4. The minimum absolute atomic E-state index is 0.131. The Morgan fingerprint density at radius 3 is 2.67 bits per heavy atom. The molecule has 2 heterocycles. The van der Waals surface area contributed by atoms with E-state index in [2.05, 4.69) is 5.32 Å². The SMILES string of the molecule is O=C(NCCCN1CCCC1=O)[C@@H]1CCN(c2ccccc2)C1=O. The van der Waals surface area contributed by atoms with Gasteiger partial charge in [0.15, 0.2) is 0 Å². The molecule has 2 saturated heterocycles. The topological polar surface area (TPSA) is 69.7 Å².